The molecule has 2 aliphatic heterocycles. The number of carboxylic acids is 1. The lowest BCUT2D eigenvalue weighted by Crippen LogP contribution is -2.40. The van der Waals surface area contributed by atoms with Crippen LogP contribution in [0.1, 0.15) is 12.8 Å². The zero-order valence-electron chi connectivity index (χ0n) is 9.28. The molecular formula is C10H11N3O4S. The Bertz CT molecular complexity index is 477. The Morgan fingerprint density at radius 1 is 1.39 bits per heavy atom. The van der Waals surface area contributed by atoms with Crippen molar-refractivity contribution < 1.29 is 19.4 Å². The molecule has 2 bridgehead atoms. The van der Waals surface area contributed by atoms with Crippen LogP contribution < -0.4 is 5.32 Å². The van der Waals surface area contributed by atoms with Gasteiger partial charge in [0.15, 0.2) is 0 Å². The van der Waals surface area contributed by atoms with Crippen LogP contribution in [0.15, 0.2) is 5.51 Å². The molecule has 1 amide bonds. The van der Waals surface area contributed by atoms with Crippen LogP contribution in [0, 0.1) is 11.8 Å². The van der Waals surface area contributed by atoms with E-state index in [2.05, 4.69) is 15.5 Å². The zero-order chi connectivity index (χ0) is 12.7. The van der Waals surface area contributed by atoms with Crippen molar-refractivity contribution >= 4 is 28.3 Å². The number of ether oxygens (including phenoxy) is 1. The first-order valence-electron chi connectivity index (χ1n) is 5.62. The maximum atomic E-state index is 12.1. The lowest BCUT2D eigenvalue weighted by Gasteiger charge is -2.23. The fourth-order valence-corrected chi connectivity index (χ4v) is 3.19. The van der Waals surface area contributed by atoms with Crippen LogP contribution >= 0.6 is 11.3 Å². The highest BCUT2D eigenvalue weighted by molar-refractivity contribution is 7.13. The van der Waals surface area contributed by atoms with Crippen molar-refractivity contribution in [1.82, 2.24) is 10.2 Å². The Morgan fingerprint density at radius 3 is 2.72 bits per heavy atom. The molecule has 96 valence electrons. The van der Waals surface area contributed by atoms with Crippen LogP contribution in [0.4, 0.5) is 5.13 Å². The fraction of sp³-hybridized carbons (Fsp3) is 0.600. The smallest absolute Gasteiger partial charge is 0.310 e. The molecule has 0 radical (unpaired) electrons. The summed E-state index contributed by atoms with van der Waals surface area (Å²) in [5.41, 5.74) is 1.50. The highest BCUT2D eigenvalue weighted by Gasteiger charge is 2.55. The van der Waals surface area contributed by atoms with Crippen LogP contribution in [0.3, 0.4) is 0 Å². The molecular weight excluding hydrogens is 258 g/mol. The van der Waals surface area contributed by atoms with E-state index in [-0.39, 0.29) is 18.1 Å². The average molecular weight is 269 g/mol. The highest BCUT2D eigenvalue weighted by Crippen LogP contribution is 2.44. The predicted octanol–water partition coefficient (Wildman–Crippen LogP) is 0.355. The zero-order valence-corrected chi connectivity index (χ0v) is 10.1. The number of carbonyl (C=O) groups is 2. The first-order chi connectivity index (χ1) is 8.66. The first-order valence-corrected chi connectivity index (χ1v) is 6.50. The van der Waals surface area contributed by atoms with Gasteiger partial charge in [0.1, 0.15) is 5.51 Å². The van der Waals surface area contributed by atoms with Crippen molar-refractivity contribution in [2.75, 3.05) is 5.32 Å². The summed E-state index contributed by atoms with van der Waals surface area (Å²) < 4.78 is 5.52. The van der Waals surface area contributed by atoms with Crippen molar-refractivity contribution in [3.05, 3.63) is 5.51 Å². The SMILES string of the molecule is O=C(O)[C@@H]1[C@@H](C(=O)Nc2nncs2)[C@H]2CC[C@@H]1O2. The minimum Gasteiger partial charge on any atom is -0.481 e. The molecule has 0 aliphatic carbocycles. The number of anilines is 1. The number of hydrogen-bond donors (Lipinski definition) is 2. The highest BCUT2D eigenvalue weighted by atomic mass is 32.1. The summed E-state index contributed by atoms with van der Waals surface area (Å²) in [7, 11) is 0. The summed E-state index contributed by atoms with van der Waals surface area (Å²) in [5, 5.41) is 19.5. The number of hydrogen-bond acceptors (Lipinski definition) is 6. The molecule has 0 unspecified atom stereocenters. The molecule has 2 aliphatic rings. The summed E-state index contributed by atoms with van der Waals surface area (Å²) in [6.45, 7) is 0. The van der Waals surface area contributed by atoms with Crippen LogP contribution in [-0.2, 0) is 14.3 Å². The van der Waals surface area contributed by atoms with E-state index < -0.39 is 17.8 Å². The number of nitrogens with one attached hydrogen (secondary N) is 1. The molecule has 4 atom stereocenters. The van der Waals surface area contributed by atoms with Gasteiger partial charge in [0.2, 0.25) is 11.0 Å². The van der Waals surface area contributed by atoms with Crippen LogP contribution in [0.25, 0.3) is 0 Å². The van der Waals surface area contributed by atoms with Gasteiger partial charge in [-0.1, -0.05) is 11.3 Å². The van der Waals surface area contributed by atoms with Crippen LogP contribution in [0.5, 0.6) is 0 Å². The second kappa shape index (κ2) is 4.29. The van der Waals surface area contributed by atoms with Crippen molar-refractivity contribution in [3.63, 3.8) is 0 Å². The lowest BCUT2D eigenvalue weighted by molar-refractivity contribution is -0.147. The Hall–Kier alpha value is -1.54. The van der Waals surface area contributed by atoms with E-state index in [1.54, 1.807) is 0 Å². The van der Waals surface area contributed by atoms with Gasteiger partial charge in [-0.3, -0.25) is 9.59 Å². The summed E-state index contributed by atoms with van der Waals surface area (Å²) in [5.74, 6) is -2.70. The van der Waals surface area contributed by atoms with Gasteiger partial charge in [0.05, 0.1) is 24.0 Å². The van der Waals surface area contributed by atoms with Crippen molar-refractivity contribution in [2.45, 2.75) is 25.0 Å². The Kier molecular flexibility index (Phi) is 2.75. The number of carbonyl (C=O) groups excluding carboxylic acids is 1. The van der Waals surface area contributed by atoms with Gasteiger partial charge in [0, 0.05) is 0 Å². The minimum absolute atomic E-state index is 0.288. The molecule has 18 heavy (non-hydrogen) atoms. The number of aromatic nitrogens is 2. The third-order valence-electron chi connectivity index (χ3n) is 3.45. The monoisotopic (exact) mass is 269 g/mol. The van der Waals surface area contributed by atoms with Crippen LogP contribution in [-0.4, -0.2) is 39.4 Å². The number of nitrogens with zero attached hydrogens (tertiary/aromatic N) is 2. The molecule has 0 saturated carbocycles. The standard InChI is InChI=1S/C10H11N3O4S/c14-8(12-10-13-11-3-18-10)6-4-1-2-5(17-4)7(6)9(15)16/h3-7H,1-2H2,(H,15,16)(H,12,13,14)/t4-,5+,6+,7+/m1/s1. The maximum absolute atomic E-state index is 12.1. The van der Waals surface area contributed by atoms with Gasteiger partial charge < -0.3 is 15.2 Å². The molecule has 1 aromatic rings. The van der Waals surface area contributed by atoms with E-state index in [1.165, 1.54) is 16.8 Å². The second-order valence-electron chi connectivity index (χ2n) is 4.41. The van der Waals surface area contributed by atoms with Gasteiger partial charge in [-0.25, -0.2) is 0 Å². The van der Waals surface area contributed by atoms with Crippen LogP contribution in [0.2, 0.25) is 0 Å². The van der Waals surface area contributed by atoms with E-state index in [0.29, 0.717) is 11.6 Å². The predicted molar refractivity (Wildman–Crippen MR) is 61.0 cm³/mol. The van der Waals surface area contributed by atoms with E-state index >= 15 is 0 Å². The van der Waals surface area contributed by atoms with E-state index in [4.69, 9.17) is 4.74 Å². The Balaban J connectivity index is 1.78. The van der Waals surface area contributed by atoms with Gasteiger partial charge >= 0.3 is 5.97 Å². The normalized spacial score (nSPS) is 33.6. The molecule has 3 rings (SSSR count). The summed E-state index contributed by atoms with van der Waals surface area (Å²) in [4.78, 5) is 23.3. The molecule has 2 fully saturated rings. The lowest BCUT2D eigenvalue weighted by atomic mass is 9.79. The maximum Gasteiger partial charge on any atom is 0.310 e. The molecule has 7 nitrogen and oxygen atoms in total. The van der Waals surface area contributed by atoms with E-state index in [0.717, 1.165) is 6.42 Å². The van der Waals surface area contributed by atoms with Gasteiger partial charge in [-0.15, -0.1) is 10.2 Å². The van der Waals surface area contributed by atoms with Crippen molar-refractivity contribution in [1.29, 1.82) is 0 Å². The van der Waals surface area contributed by atoms with E-state index in [9.17, 15) is 14.7 Å². The number of carboxylic acid groups (broad SMARTS) is 1. The average Bonchev–Trinajstić information content (AvgIpc) is 3.03. The van der Waals surface area contributed by atoms with Gasteiger partial charge in [-0.2, -0.15) is 0 Å². The van der Waals surface area contributed by atoms with Crippen molar-refractivity contribution in [2.24, 2.45) is 11.8 Å². The summed E-state index contributed by atoms with van der Waals surface area (Å²) in [6, 6.07) is 0. The third kappa shape index (κ3) is 1.77. The minimum atomic E-state index is -0.973. The third-order valence-corrected chi connectivity index (χ3v) is 4.06. The van der Waals surface area contributed by atoms with E-state index in [1.807, 2.05) is 0 Å². The number of rotatable bonds is 3. The number of amides is 1. The first kappa shape index (κ1) is 11.5. The topological polar surface area (TPSA) is 101 Å². The largest absolute Gasteiger partial charge is 0.481 e. The molecule has 2 N–H and O–H groups in total. The second-order valence-corrected chi connectivity index (χ2v) is 5.25. The summed E-state index contributed by atoms with van der Waals surface area (Å²) in [6.07, 6.45) is 0.828. The molecule has 0 aromatic carbocycles. The molecule has 1 aromatic heterocycles. The van der Waals surface area contributed by atoms with Gasteiger partial charge in [-0.05, 0) is 12.8 Å². The number of aliphatic carboxylic acids is 1. The quantitative estimate of drug-likeness (QED) is 0.821. The molecule has 8 heteroatoms. The Labute approximate surface area is 106 Å². The van der Waals surface area contributed by atoms with Crippen molar-refractivity contribution in [3.8, 4) is 0 Å². The molecule has 3 heterocycles. The molecule has 2 saturated heterocycles. The molecule has 0 spiro atoms. The number of fused-ring (bicyclic) bond motifs is 2. The van der Waals surface area contributed by atoms with Gasteiger partial charge in [0.25, 0.3) is 0 Å². The Morgan fingerprint density at radius 2 is 2.11 bits per heavy atom. The summed E-state index contributed by atoms with van der Waals surface area (Å²) >= 11 is 1.20. The fourth-order valence-electron chi connectivity index (χ4n) is 2.74.